The molecule has 0 spiro atoms. The highest BCUT2D eigenvalue weighted by Crippen LogP contribution is 1.98. The van der Waals surface area contributed by atoms with E-state index in [9.17, 15) is 9.90 Å². The Bertz CT molecular complexity index is 112. The lowest BCUT2D eigenvalue weighted by Crippen LogP contribution is -2.37. The first-order chi connectivity index (χ1) is 5.22. The van der Waals surface area contributed by atoms with Gasteiger partial charge in [0.15, 0.2) is 0 Å². The van der Waals surface area contributed by atoms with E-state index >= 15 is 0 Å². The van der Waals surface area contributed by atoms with Crippen molar-refractivity contribution in [3.05, 3.63) is 0 Å². The van der Waals surface area contributed by atoms with Gasteiger partial charge in [-0.25, -0.2) is 0 Å². The van der Waals surface area contributed by atoms with Crippen molar-refractivity contribution in [2.75, 3.05) is 6.61 Å². The van der Waals surface area contributed by atoms with E-state index in [2.05, 4.69) is 0 Å². The van der Waals surface area contributed by atoms with Gasteiger partial charge in [-0.15, -0.1) is 0 Å². The number of carboxylic acids is 1. The van der Waals surface area contributed by atoms with Crippen LogP contribution in [-0.2, 0) is 9.53 Å². The Labute approximate surface area is 67.4 Å². The molecule has 0 N–H and O–H groups in total. The Balaban J connectivity index is 3.44. The third-order valence-corrected chi connectivity index (χ3v) is 1.45. The molecule has 0 aliphatic heterocycles. The van der Waals surface area contributed by atoms with E-state index in [1.54, 1.807) is 6.92 Å². The van der Waals surface area contributed by atoms with Crippen molar-refractivity contribution in [3.63, 3.8) is 0 Å². The van der Waals surface area contributed by atoms with E-state index < -0.39 is 12.1 Å². The minimum Gasteiger partial charge on any atom is -0.547 e. The first kappa shape index (κ1) is 10.4. The molecule has 0 aliphatic carbocycles. The van der Waals surface area contributed by atoms with Crippen molar-refractivity contribution in [2.45, 2.75) is 39.2 Å². The van der Waals surface area contributed by atoms with Crippen LogP contribution in [0.1, 0.15) is 33.1 Å². The molecule has 66 valence electrons. The van der Waals surface area contributed by atoms with Crippen molar-refractivity contribution in [3.8, 4) is 0 Å². The average molecular weight is 159 g/mol. The Morgan fingerprint density at radius 3 is 2.55 bits per heavy atom. The lowest BCUT2D eigenvalue weighted by atomic mass is 10.3. The highest BCUT2D eigenvalue weighted by atomic mass is 16.5. The molecule has 11 heavy (non-hydrogen) atoms. The van der Waals surface area contributed by atoms with Crippen LogP contribution in [0.4, 0.5) is 0 Å². The van der Waals surface area contributed by atoms with E-state index in [1.807, 2.05) is 6.92 Å². The summed E-state index contributed by atoms with van der Waals surface area (Å²) in [6.07, 6.45) is 1.68. The lowest BCUT2D eigenvalue weighted by Gasteiger charge is -2.16. The third kappa shape index (κ3) is 4.79. The number of hydrogen-bond acceptors (Lipinski definition) is 3. The number of unbranched alkanes of at least 4 members (excludes halogenated alkanes) is 1. The van der Waals surface area contributed by atoms with Crippen LogP contribution in [0.5, 0.6) is 0 Å². The summed E-state index contributed by atoms with van der Waals surface area (Å²) in [6, 6.07) is 0. The topological polar surface area (TPSA) is 49.4 Å². The fraction of sp³-hybridized carbons (Fsp3) is 0.875. The smallest absolute Gasteiger partial charge is 0.0965 e. The molecule has 0 aromatic heterocycles. The Morgan fingerprint density at radius 2 is 2.18 bits per heavy atom. The lowest BCUT2D eigenvalue weighted by molar-refractivity contribution is -0.317. The van der Waals surface area contributed by atoms with Crippen molar-refractivity contribution >= 4 is 5.97 Å². The van der Waals surface area contributed by atoms with Gasteiger partial charge in [0.05, 0.1) is 12.1 Å². The fourth-order valence-corrected chi connectivity index (χ4v) is 0.722. The predicted octanol–water partition coefficient (Wildman–Crippen LogP) is 0.332. The maximum atomic E-state index is 10.3. The first-order valence-corrected chi connectivity index (χ1v) is 4.04. The van der Waals surface area contributed by atoms with E-state index in [4.69, 9.17) is 4.74 Å². The minimum absolute atomic E-state index is 0.478. The van der Waals surface area contributed by atoms with E-state index in [1.165, 1.54) is 0 Å². The van der Waals surface area contributed by atoms with Crippen LogP contribution in [0, 0.1) is 0 Å². The van der Waals surface area contributed by atoms with Gasteiger partial charge in [-0.05, 0) is 12.8 Å². The minimum atomic E-state index is -1.11. The standard InChI is InChI=1S/C8H16O3/c1-3-5-6-11-7(4-2)8(9)10/h7H,3-6H2,1-2H3,(H,9,10)/p-1. The number of carboxylic acid groups (broad SMARTS) is 1. The van der Waals surface area contributed by atoms with E-state index in [-0.39, 0.29) is 0 Å². The molecule has 0 fully saturated rings. The molecule has 0 aromatic rings. The van der Waals surface area contributed by atoms with E-state index in [0.717, 1.165) is 12.8 Å². The molecule has 0 saturated heterocycles. The maximum Gasteiger partial charge on any atom is 0.0965 e. The van der Waals surface area contributed by atoms with Crippen LogP contribution in [0.2, 0.25) is 0 Å². The second-order valence-corrected chi connectivity index (χ2v) is 2.44. The summed E-state index contributed by atoms with van der Waals surface area (Å²) in [5.41, 5.74) is 0. The van der Waals surface area contributed by atoms with Gasteiger partial charge in [0.2, 0.25) is 0 Å². The summed E-state index contributed by atoms with van der Waals surface area (Å²) in [7, 11) is 0. The zero-order valence-electron chi connectivity index (χ0n) is 7.13. The van der Waals surface area contributed by atoms with Crippen LogP contribution in [0.25, 0.3) is 0 Å². The number of ether oxygens (including phenoxy) is 1. The molecule has 0 aliphatic rings. The fourth-order valence-electron chi connectivity index (χ4n) is 0.722. The SMILES string of the molecule is CCCCOC(CC)C(=O)[O-]. The van der Waals surface area contributed by atoms with Gasteiger partial charge in [0, 0.05) is 6.61 Å². The third-order valence-electron chi connectivity index (χ3n) is 1.45. The Morgan fingerprint density at radius 1 is 1.55 bits per heavy atom. The molecule has 0 saturated carbocycles. The van der Waals surface area contributed by atoms with Gasteiger partial charge in [0.1, 0.15) is 0 Å². The molecular weight excluding hydrogens is 144 g/mol. The molecule has 3 nitrogen and oxygen atoms in total. The summed E-state index contributed by atoms with van der Waals surface area (Å²) in [6.45, 7) is 4.32. The highest BCUT2D eigenvalue weighted by molar-refractivity contribution is 5.69. The monoisotopic (exact) mass is 159 g/mol. The van der Waals surface area contributed by atoms with Gasteiger partial charge < -0.3 is 14.6 Å². The van der Waals surface area contributed by atoms with E-state index in [0.29, 0.717) is 13.0 Å². The van der Waals surface area contributed by atoms with Gasteiger partial charge in [-0.1, -0.05) is 20.3 Å². The molecule has 0 aromatic carbocycles. The number of carbonyl (C=O) groups excluding carboxylic acids is 1. The molecule has 0 rings (SSSR count). The first-order valence-electron chi connectivity index (χ1n) is 4.04. The van der Waals surface area contributed by atoms with Crippen molar-refractivity contribution in [1.29, 1.82) is 0 Å². The molecule has 1 atom stereocenters. The summed E-state index contributed by atoms with van der Waals surface area (Å²) in [5, 5.41) is 10.3. The predicted molar refractivity (Wildman–Crippen MR) is 39.9 cm³/mol. The maximum absolute atomic E-state index is 10.3. The van der Waals surface area contributed by atoms with Crippen LogP contribution in [-0.4, -0.2) is 18.7 Å². The second kappa shape index (κ2) is 6.16. The van der Waals surface area contributed by atoms with Crippen molar-refractivity contribution in [2.24, 2.45) is 0 Å². The number of aliphatic carboxylic acids is 1. The molecule has 1 unspecified atom stereocenters. The summed E-state index contributed by atoms with van der Waals surface area (Å²) in [4.78, 5) is 10.3. The number of hydrogen-bond donors (Lipinski definition) is 0. The Hall–Kier alpha value is -0.570. The van der Waals surface area contributed by atoms with Crippen molar-refractivity contribution in [1.82, 2.24) is 0 Å². The summed E-state index contributed by atoms with van der Waals surface area (Å²) >= 11 is 0. The molecule has 3 heteroatoms. The van der Waals surface area contributed by atoms with Gasteiger partial charge in [-0.3, -0.25) is 0 Å². The molecule has 0 heterocycles. The summed E-state index contributed by atoms with van der Waals surface area (Å²) in [5.74, 6) is -1.11. The molecular formula is C8H15O3-. The van der Waals surface area contributed by atoms with Crippen LogP contribution in [0.15, 0.2) is 0 Å². The van der Waals surface area contributed by atoms with Crippen LogP contribution >= 0.6 is 0 Å². The van der Waals surface area contributed by atoms with Gasteiger partial charge in [-0.2, -0.15) is 0 Å². The highest BCUT2D eigenvalue weighted by Gasteiger charge is 2.05. The number of rotatable bonds is 6. The normalized spacial score (nSPS) is 12.9. The van der Waals surface area contributed by atoms with Crippen LogP contribution in [0.3, 0.4) is 0 Å². The van der Waals surface area contributed by atoms with Crippen molar-refractivity contribution < 1.29 is 14.6 Å². The second-order valence-electron chi connectivity index (χ2n) is 2.44. The molecule has 0 radical (unpaired) electrons. The van der Waals surface area contributed by atoms with Gasteiger partial charge in [0.25, 0.3) is 0 Å². The summed E-state index contributed by atoms with van der Waals surface area (Å²) < 4.78 is 5.03. The van der Waals surface area contributed by atoms with Gasteiger partial charge >= 0.3 is 0 Å². The zero-order chi connectivity index (χ0) is 8.69. The molecule has 0 amide bonds. The Kier molecular flexibility index (Phi) is 5.84. The zero-order valence-corrected chi connectivity index (χ0v) is 7.13. The molecule has 0 bridgehead atoms. The largest absolute Gasteiger partial charge is 0.547 e. The average Bonchev–Trinajstić information content (AvgIpc) is 1.97. The quantitative estimate of drug-likeness (QED) is 0.525. The number of carbonyl (C=O) groups is 1. The van der Waals surface area contributed by atoms with Crippen LogP contribution < -0.4 is 5.11 Å².